The van der Waals surface area contributed by atoms with Gasteiger partial charge in [0.05, 0.1) is 5.39 Å². The Morgan fingerprint density at radius 2 is 2.05 bits per heavy atom. The second-order valence-corrected chi connectivity index (χ2v) is 5.18. The fourth-order valence-electron chi connectivity index (χ4n) is 1.89. The average molecular weight is 271 g/mol. The number of aryl methyl sites for hydroxylation is 1. The summed E-state index contributed by atoms with van der Waals surface area (Å²) in [4.78, 5) is 15.3. The molecule has 5 nitrogen and oxygen atoms in total. The van der Waals surface area contributed by atoms with Crippen LogP contribution in [0.25, 0.3) is 21.6 Å². The summed E-state index contributed by atoms with van der Waals surface area (Å²) < 4.78 is 0. The molecule has 6 heteroatoms. The Labute approximate surface area is 114 Å². The first-order chi connectivity index (χ1) is 9.31. The number of nitrogens with two attached hydrogens (primary N) is 1. The number of nitrogens with one attached hydrogen (secondary N) is 1. The van der Waals surface area contributed by atoms with Crippen LogP contribution in [0.15, 0.2) is 30.6 Å². The SMILES string of the molecule is CCc1cc2c(NN)nc(-c3ccncc3)nc2s1. The van der Waals surface area contributed by atoms with E-state index in [2.05, 4.69) is 33.4 Å². The molecule has 0 aliphatic rings. The molecule has 0 atom stereocenters. The number of rotatable bonds is 3. The first-order valence-corrected chi connectivity index (χ1v) is 6.81. The van der Waals surface area contributed by atoms with Gasteiger partial charge in [-0.15, -0.1) is 11.3 Å². The number of hydrazine groups is 1. The molecule has 0 aliphatic carbocycles. The van der Waals surface area contributed by atoms with Crippen LogP contribution in [0.1, 0.15) is 11.8 Å². The Morgan fingerprint density at radius 1 is 1.26 bits per heavy atom. The highest BCUT2D eigenvalue weighted by Gasteiger charge is 2.11. The van der Waals surface area contributed by atoms with E-state index in [1.807, 2.05) is 12.1 Å². The van der Waals surface area contributed by atoms with Crippen molar-refractivity contribution >= 4 is 27.4 Å². The van der Waals surface area contributed by atoms with Crippen molar-refractivity contribution in [2.75, 3.05) is 5.43 Å². The van der Waals surface area contributed by atoms with Crippen molar-refractivity contribution in [1.29, 1.82) is 0 Å². The first-order valence-electron chi connectivity index (χ1n) is 5.99. The molecule has 0 unspecified atom stereocenters. The van der Waals surface area contributed by atoms with Crippen LogP contribution in [0.2, 0.25) is 0 Å². The molecule has 0 bridgehead atoms. The van der Waals surface area contributed by atoms with Gasteiger partial charge in [-0.2, -0.15) is 0 Å². The summed E-state index contributed by atoms with van der Waals surface area (Å²) >= 11 is 1.67. The Hall–Kier alpha value is -2.05. The molecule has 0 spiro atoms. The molecule has 0 saturated carbocycles. The van der Waals surface area contributed by atoms with E-state index in [1.165, 1.54) is 4.88 Å². The normalized spacial score (nSPS) is 10.8. The van der Waals surface area contributed by atoms with Crippen molar-refractivity contribution in [2.45, 2.75) is 13.3 Å². The molecule has 3 heterocycles. The third kappa shape index (κ3) is 2.16. The van der Waals surface area contributed by atoms with E-state index in [-0.39, 0.29) is 0 Å². The van der Waals surface area contributed by atoms with Crippen molar-refractivity contribution in [3.8, 4) is 11.4 Å². The smallest absolute Gasteiger partial charge is 0.163 e. The minimum atomic E-state index is 0.660. The fraction of sp³-hybridized carbons (Fsp3) is 0.154. The zero-order valence-electron chi connectivity index (χ0n) is 10.4. The maximum absolute atomic E-state index is 5.57. The number of thiophene rings is 1. The van der Waals surface area contributed by atoms with E-state index in [9.17, 15) is 0 Å². The lowest BCUT2D eigenvalue weighted by Gasteiger charge is -2.04. The molecule has 0 amide bonds. The van der Waals surface area contributed by atoms with E-state index in [4.69, 9.17) is 5.84 Å². The predicted octanol–water partition coefficient (Wildman–Crippen LogP) is 2.60. The summed E-state index contributed by atoms with van der Waals surface area (Å²) in [6, 6.07) is 5.86. The molecule has 3 aromatic heterocycles. The number of hydrogen-bond acceptors (Lipinski definition) is 6. The molecule has 3 aromatic rings. The van der Waals surface area contributed by atoms with Crippen LogP contribution in [-0.2, 0) is 6.42 Å². The summed E-state index contributed by atoms with van der Waals surface area (Å²) in [5.41, 5.74) is 3.59. The molecular weight excluding hydrogens is 258 g/mol. The zero-order chi connectivity index (χ0) is 13.2. The number of fused-ring (bicyclic) bond motifs is 1. The van der Waals surface area contributed by atoms with Gasteiger partial charge in [0, 0.05) is 22.8 Å². The topological polar surface area (TPSA) is 76.7 Å². The van der Waals surface area contributed by atoms with Gasteiger partial charge in [-0.25, -0.2) is 15.8 Å². The Morgan fingerprint density at radius 3 is 2.74 bits per heavy atom. The van der Waals surface area contributed by atoms with Gasteiger partial charge >= 0.3 is 0 Å². The highest BCUT2D eigenvalue weighted by atomic mass is 32.1. The van der Waals surface area contributed by atoms with Crippen molar-refractivity contribution in [2.24, 2.45) is 5.84 Å². The summed E-state index contributed by atoms with van der Waals surface area (Å²) in [5.74, 6) is 6.89. The molecule has 3 rings (SSSR count). The van der Waals surface area contributed by atoms with Gasteiger partial charge < -0.3 is 5.43 Å². The van der Waals surface area contributed by atoms with E-state index in [0.717, 1.165) is 22.2 Å². The van der Waals surface area contributed by atoms with Crippen LogP contribution in [0.4, 0.5) is 5.82 Å². The summed E-state index contributed by atoms with van der Waals surface area (Å²) in [5, 5.41) is 0.974. The van der Waals surface area contributed by atoms with E-state index in [0.29, 0.717) is 11.6 Å². The number of pyridine rings is 1. The average Bonchev–Trinajstić information content (AvgIpc) is 2.90. The van der Waals surface area contributed by atoms with Gasteiger partial charge in [-0.1, -0.05) is 6.92 Å². The van der Waals surface area contributed by atoms with Gasteiger partial charge in [0.1, 0.15) is 4.83 Å². The number of anilines is 1. The number of nitrogens with zero attached hydrogens (tertiary/aromatic N) is 3. The zero-order valence-corrected chi connectivity index (χ0v) is 11.2. The van der Waals surface area contributed by atoms with E-state index in [1.54, 1.807) is 23.7 Å². The highest BCUT2D eigenvalue weighted by Crippen LogP contribution is 2.31. The second-order valence-electron chi connectivity index (χ2n) is 4.06. The molecule has 3 N–H and O–H groups in total. The third-order valence-corrected chi connectivity index (χ3v) is 4.04. The van der Waals surface area contributed by atoms with E-state index >= 15 is 0 Å². The first kappa shape index (κ1) is 12.0. The van der Waals surface area contributed by atoms with Gasteiger partial charge in [0.2, 0.25) is 0 Å². The lowest BCUT2D eigenvalue weighted by atomic mass is 10.2. The van der Waals surface area contributed by atoms with Crippen molar-refractivity contribution < 1.29 is 0 Å². The lowest BCUT2D eigenvalue weighted by molar-refractivity contribution is 1.18. The van der Waals surface area contributed by atoms with Crippen LogP contribution in [0.3, 0.4) is 0 Å². The Kier molecular flexibility index (Phi) is 3.10. The van der Waals surface area contributed by atoms with Gasteiger partial charge in [-0.05, 0) is 24.6 Å². The van der Waals surface area contributed by atoms with Crippen molar-refractivity contribution in [1.82, 2.24) is 15.0 Å². The molecule has 0 saturated heterocycles. The molecule has 0 fully saturated rings. The molecule has 19 heavy (non-hydrogen) atoms. The quantitative estimate of drug-likeness (QED) is 0.565. The minimum absolute atomic E-state index is 0.660. The van der Waals surface area contributed by atoms with Crippen LogP contribution in [0, 0.1) is 0 Å². The molecule has 0 aromatic carbocycles. The van der Waals surface area contributed by atoms with Crippen molar-refractivity contribution in [3.63, 3.8) is 0 Å². The fourth-order valence-corrected chi connectivity index (χ4v) is 2.85. The lowest BCUT2D eigenvalue weighted by Crippen LogP contribution is -2.09. The van der Waals surface area contributed by atoms with Crippen LogP contribution in [-0.4, -0.2) is 15.0 Å². The van der Waals surface area contributed by atoms with Crippen LogP contribution >= 0.6 is 11.3 Å². The van der Waals surface area contributed by atoms with Crippen LogP contribution in [0.5, 0.6) is 0 Å². The Balaban J connectivity index is 2.22. The van der Waals surface area contributed by atoms with Gasteiger partial charge in [-0.3, -0.25) is 4.98 Å². The molecule has 0 radical (unpaired) electrons. The molecule has 96 valence electrons. The largest absolute Gasteiger partial charge is 0.308 e. The maximum atomic E-state index is 5.57. The molecular formula is C13H13N5S. The monoisotopic (exact) mass is 271 g/mol. The standard InChI is InChI=1S/C13H13N5S/c1-2-9-7-10-12(18-14)16-11(17-13(10)19-9)8-3-5-15-6-4-8/h3-7H,2,14H2,1H3,(H,16,17,18). The van der Waals surface area contributed by atoms with Crippen molar-refractivity contribution in [3.05, 3.63) is 35.5 Å². The van der Waals surface area contributed by atoms with Gasteiger partial charge in [0.15, 0.2) is 11.6 Å². The summed E-state index contributed by atoms with van der Waals surface area (Å²) in [7, 11) is 0. The third-order valence-electron chi connectivity index (χ3n) is 2.87. The minimum Gasteiger partial charge on any atom is -0.308 e. The van der Waals surface area contributed by atoms with Crippen LogP contribution < -0.4 is 11.3 Å². The maximum Gasteiger partial charge on any atom is 0.163 e. The summed E-state index contributed by atoms with van der Waals surface area (Å²) in [6.07, 6.45) is 4.43. The van der Waals surface area contributed by atoms with Gasteiger partial charge in [0.25, 0.3) is 0 Å². The molecule has 0 aliphatic heterocycles. The highest BCUT2D eigenvalue weighted by molar-refractivity contribution is 7.18. The second kappa shape index (κ2) is 4.91. The predicted molar refractivity (Wildman–Crippen MR) is 77.8 cm³/mol. The Bertz CT molecular complexity index is 708. The number of aromatic nitrogens is 3. The number of nitrogen functional groups attached to an aromatic ring is 1. The van der Waals surface area contributed by atoms with E-state index < -0.39 is 0 Å². The summed E-state index contributed by atoms with van der Waals surface area (Å²) in [6.45, 7) is 2.12. The number of hydrogen-bond donors (Lipinski definition) is 2.